The normalized spacial score (nSPS) is 17.8. The van der Waals surface area contributed by atoms with Gasteiger partial charge in [0.25, 0.3) is 0 Å². The van der Waals surface area contributed by atoms with Crippen LogP contribution in [-0.2, 0) is 25.4 Å². The highest BCUT2D eigenvalue weighted by Gasteiger charge is 2.52. The highest BCUT2D eigenvalue weighted by atomic mass is 19.1. The molecule has 4 rings (SSSR count). The number of ether oxygens (including phenoxy) is 3. The highest BCUT2D eigenvalue weighted by molar-refractivity contribution is 5.93. The number of quaternary nitrogens is 1. The van der Waals surface area contributed by atoms with Gasteiger partial charge in [0.1, 0.15) is 23.8 Å². The average molecular weight is 640 g/mol. The molecule has 2 aliphatic heterocycles. The van der Waals surface area contributed by atoms with Gasteiger partial charge < -0.3 is 19.5 Å². The van der Waals surface area contributed by atoms with E-state index >= 15 is 4.39 Å². The minimum absolute atomic E-state index is 0.0213. The largest absolute Gasteiger partial charge is 0.522 e. The summed E-state index contributed by atoms with van der Waals surface area (Å²) in [5.74, 6) is -3.33. The molecule has 3 heterocycles. The summed E-state index contributed by atoms with van der Waals surface area (Å²) < 4.78 is 45.3. The van der Waals surface area contributed by atoms with Gasteiger partial charge in [0.15, 0.2) is 5.69 Å². The Morgan fingerprint density at radius 2 is 1.78 bits per heavy atom. The van der Waals surface area contributed by atoms with Crippen LogP contribution in [-0.4, -0.2) is 64.4 Å². The third-order valence-corrected chi connectivity index (χ3v) is 7.80. The number of nitrogens with zero attached hydrogens (tertiary/aromatic N) is 3. The molecule has 46 heavy (non-hydrogen) atoms. The van der Waals surface area contributed by atoms with Crippen LogP contribution in [0.3, 0.4) is 0 Å². The molecular weight excluding hydrogens is 598 g/mol. The summed E-state index contributed by atoms with van der Waals surface area (Å²) in [6.45, 7) is 13.5. The van der Waals surface area contributed by atoms with Crippen LogP contribution in [0.15, 0.2) is 65.9 Å². The van der Waals surface area contributed by atoms with Crippen molar-refractivity contribution in [2.75, 3.05) is 26.3 Å². The molecule has 2 aromatic rings. The predicted molar refractivity (Wildman–Crippen MR) is 165 cm³/mol. The molecule has 0 saturated carbocycles. The van der Waals surface area contributed by atoms with Gasteiger partial charge in [0.2, 0.25) is 5.82 Å². The van der Waals surface area contributed by atoms with E-state index in [1.54, 1.807) is 27.7 Å². The number of aromatic nitrogens is 2. The van der Waals surface area contributed by atoms with Gasteiger partial charge in [-0.25, -0.2) is 23.4 Å². The Kier molecular flexibility index (Phi) is 10.7. The van der Waals surface area contributed by atoms with E-state index < -0.39 is 41.2 Å². The summed E-state index contributed by atoms with van der Waals surface area (Å²) >= 11 is 0. The number of likely N-dealkylation sites (tertiary alicyclic amines) is 1. The van der Waals surface area contributed by atoms with Crippen LogP contribution in [0.2, 0.25) is 0 Å². The average Bonchev–Trinajstić information content (AvgIpc) is 3.51. The van der Waals surface area contributed by atoms with Crippen molar-refractivity contribution in [3.05, 3.63) is 94.5 Å². The maximum absolute atomic E-state index is 15.1. The number of hydrogen-bond donors (Lipinski definition) is 1. The number of allylic oxidation sites excluding steroid dienone is 2. The Morgan fingerprint density at radius 1 is 1.07 bits per heavy atom. The van der Waals surface area contributed by atoms with Gasteiger partial charge in [-0.05, 0) is 45.7 Å². The number of benzene rings is 1. The van der Waals surface area contributed by atoms with E-state index in [1.165, 1.54) is 24.5 Å². The van der Waals surface area contributed by atoms with Crippen molar-refractivity contribution in [3.8, 4) is 0 Å². The lowest BCUT2D eigenvalue weighted by atomic mass is 9.81. The molecule has 1 unspecified atom stereocenters. The van der Waals surface area contributed by atoms with Crippen LogP contribution >= 0.6 is 0 Å². The van der Waals surface area contributed by atoms with E-state index in [9.17, 15) is 18.8 Å². The summed E-state index contributed by atoms with van der Waals surface area (Å²) in [6.07, 6.45) is 5.28. The van der Waals surface area contributed by atoms with Gasteiger partial charge in [-0.3, -0.25) is 4.98 Å². The fourth-order valence-electron chi connectivity index (χ4n) is 5.82. The number of esters is 2. The van der Waals surface area contributed by atoms with Crippen molar-refractivity contribution in [3.63, 3.8) is 0 Å². The van der Waals surface area contributed by atoms with Crippen molar-refractivity contribution in [2.24, 2.45) is 0 Å². The van der Waals surface area contributed by atoms with Crippen molar-refractivity contribution in [1.29, 1.82) is 0 Å². The van der Waals surface area contributed by atoms with E-state index in [2.05, 4.69) is 21.9 Å². The molecule has 1 N–H and O–H groups in total. The van der Waals surface area contributed by atoms with E-state index in [-0.39, 0.29) is 46.6 Å². The smallest absolute Gasteiger partial charge is 0.461 e. The number of nitrogens with one attached hydrogen (secondary N) is 1. The number of carbonyl (C=O) groups is 3. The molecule has 1 atom stereocenters. The summed E-state index contributed by atoms with van der Waals surface area (Å²) in [6, 6.07) is 3.22. The van der Waals surface area contributed by atoms with Crippen molar-refractivity contribution in [2.45, 2.75) is 71.8 Å². The first-order chi connectivity index (χ1) is 21.8. The fraction of sp³-hybridized carbons (Fsp3) is 0.441. The second kappa shape index (κ2) is 14.3. The molecule has 1 aromatic carbocycles. The summed E-state index contributed by atoms with van der Waals surface area (Å²) in [5, 5.41) is 3.37. The van der Waals surface area contributed by atoms with E-state index in [0.29, 0.717) is 36.6 Å². The number of carbonyl (C=O) groups excluding carboxylic acids is 3. The molecule has 1 saturated heterocycles. The van der Waals surface area contributed by atoms with E-state index in [4.69, 9.17) is 14.2 Å². The highest BCUT2D eigenvalue weighted by Crippen LogP contribution is 2.44. The third kappa shape index (κ3) is 7.33. The SMILES string of the molecule is C=CCOC(=O)C1=C(Cc2ccc(F)cc2F)NC([N+]2(C(=O)OC(C)(C)C)CCCC2)=C(CC)C1c1cnc(C(=O)OCC)cn1. The van der Waals surface area contributed by atoms with E-state index in [0.717, 1.165) is 25.0 Å². The maximum Gasteiger partial charge on any atom is 0.522 e. The van der Waals surface area contributed by atoms with Gasteiger partial charge >= 0.3 is 18.0 Å². The van der Waals surface area contributed by atoms with Crippen molar-refractivity contribution in [1.82, 2.24) is 15.3 Å². The predicted octanol–water partition coefficient (Wildman–Crippen LogP) is 6.01. The minimum Gasteiger partial charge on any atom is -0.461 e. The molecule has 0 radical (unpaired) electrons. The van der Waals surface area contributed by atoms with Crippen molar-refractivity contribution >= 4 is 18.0 Å². The number of amides is 1. The third-order valence-electron chi connectivity index (χ3n) is 7.80. The zero-order chi connectivity index (χ0) is 33.6. The van der Waals surface area contributed by atoms with Crippen LogP contribution in [0.4, 0.5) is 13.6 Å². The summed E-state index contributed by atoms with van der Waals surface area (Å²) in [7, 11) is 0. The Morgan fingerprint density at radius 3 is 2.35 bits per heavy atom. The monoisotopic (exact) mass is 639 g/mol. The number of dihydropyridines is 1. The molecule has 1 aromatic heterocycles. The van der Waals surface area contributed by atoms with Gasteiger partial charge in [0, 0.05) is 36.6 Å². The van der Waals surface area contributed by atoms with Crippen LogP contribution in [0.5, 0.6) is 0 Å². The molecule has 1 amide bonds. The first-order valence-electron chi connectivity index (χ1n) is 15.4. The zero-order valence-electron chi connectivity index (χ0n) is 27.0. The standard InChI is InChI=1S/C34H40F2N4O6/c1-7-16-45-32(42)29-25(17-21-12-13-22(35)18-24(21)36)39-30(40(14-10-11-15-40)33(43)46-34(4,5)6)23(8-2)28(29)26-19-38-27(20-37-26)31(41)44-9-3/h7,12-13,18-20,28H,1,8-11,14-17H2,2-6H3/p+1. The zero-order valence-corrected chi connectivity index (χ0v) is 27.0. The topological polar surface area (TPSA) is 117 Å². The van der Waals surface area contributed by atoms with Gasteiger partial charge in [0.05, 0.1) is 49.3 Å². The van der Waals surface area contributed by atoms with Gasteiger partial charge in [-0.2, -0.15) is 9.28 Å². The number of halogens is 2. The quantitative estimate of drug-likeness (QED) is 0.144. The fourth-order valence-corrected chi connectivity index (χ4v) is 5.82. The van der Waals surface area contributed by atoms with Gasteiger partial charge in [-0.1, -0.05) is 25.6 Å². The summed E-state index contributed by atoms with van der Waals surface area (Å²) in [5.41, 5.74) is 0.632. The number of hydrogen-bond acceptors (Lipinski definition) is 9. The molecule has 0 bridgehead atoms. The first kappa shape index (κ1) is 34.4. The van der Waals surface area contributed by atoms with Crippen LogP contribution in [0.25, 0.3) is 0 Å². The summed E-state index contributed by atoms with van der Waals surface area (Å²) in [4.78, 5) is 49.1. The molecule has 0 spiro atoms. The van der Waals surface area contributed by atoms with E-state index in [1.807, 2.05) is 6.92 Å². The van der Waals surface area contributed by atoms with Crippen molar-refractivity contribution < 1.29 is 41.9 Å². The molecule has 12 heteroatoms. The molecule has 0 aliphatic carbocycles. The van der Waals surface area contributed by atoms with Crippen LogP contribution < -0.4 is 5.32 Å². The van der Waals surface area contributed by atoms with Gasteiger partial charge in [-0.15, -0.1) is 0 Å². The van der Waals surface area contributed by atoms with Crippen LogP contribution in [0, 0.1) is 11.6 Å². The first-order valence-corrected chi connectivity index (χ1v) is 15.4. The molecular formula is C34H41F2N4O6+. The molecule has 1 fully saturated rings. The lowest BCUT2D eigenvalue weighted by molar-refractivity contribution is -0.811. The second-order valence-electron chi connectivity index (χ2n) is 12.1. The Balaban J connectivity index is 1.99. The lowest BCUT2D eigenvalue weighted by Gasteiger charge is -2.40. The lowest BCUT2D eigenvalue weighted by Crippen LogP contribution is -2.57. The Bertz CT molecular complexity index is 1560. The Labute approximate surface area is 267 Å². The number of rotatable bonds is 10. The van der Waals surface area contributed by atoms with Crippen LogP contribution in [0.1, 0.15) is 81.5 Å². The molecule has 10 nitrogen and oxygen atoms in total. The minimum atomic E-state index is -0.904. The second-order valence-corrected chi connectivity index (χ2v) is 12.1. The molecule has 2 aliphatic rings. The Hall–Kier alpha value is -4.45. The maximum atomic E-state index is 15.1. The molecule has 246 valence electrons.